The van der Waals surface area contributed by atoms with Gasteiger partial charge in [0.25, 0.3) is 0 Å². The third-order valence-electron chi connectivity index (χ3n) is 4.55. The van der Waals surface area contributed by atoms with Crippen LogP contribution in [0.15, 0.2) is 24.7 Å². The molecule has 0 bridgehead atoms. The van der Waals surface area contributed by atoms with Crippen LogP contribution in [-0.4, -0.2) is 30.6 Å². The Labute approximate surface area is 172 Å². The van der Waals surface area contributed by atoms with E-state index in [0.29, 0.717) is 27.7 Å². The normalized spacial score (nSPS) is 12.4. The summed E-state index contributed by atoms with van der Waals surface area (Å²) in [6.45, 7) is 3.76. The number of amides is 1. The highest BCUT2D eigenvalue weighted by Crippen LogP contribution is 2.36. The van der Waals surface area contributed by atoms with E-state index in [0.717, 1.165) is 12.1 Å². The number of nitrogens with zero attached hydrogens (tertiary/aromatic N) is 4. The molecule has 7 nitrogen and oxygen atoms in total. The van der Waals surface area contributed by atoms with Gasteiger partial charge in [0.05, 0.1) is 22.5 Å². The van der Waals surface area contributed by atoms with Gasteiger partial charge in [0, 0.05) is 5.92 Å². The summed E-state index contributed by atoms with van der Waals surface area (Å²) in [6, 6.07) is 1.97. The molecule has 1 amide bonds. The SMILES string of the molecule is CCC(C)C(=O)Nc1nc2[nH]nc(-n3cncc3-c3c(F)ccc(F)c3Cl)c2s1. The number of H-pyrrole nitrogens is 1. The van der Waals surface area contributed by atoms with Gasteiger partial charge in [-0.05, 0) is 18.6 Å². The van der Waals surface area contributed by atoms with E-state index in [2.05, 4.69) is 25.5 Å². The van der Waals surface area contributed by atoms with Crippen LogP contribution in [0.3, 0.4) is 0 Å². The Bertz CT molecular complexity index is 1220. The lowest BCUT2D eigenvalue weighted by atomic mass is 10.1. The Morgan fingerprint density at radius 2 is 2.14 bits per heavy atom. The van der Waals surface area contributed by atoms with Gasteiger partial charge in [-0.15, -0.1) is 0 Å². The van der Waals surface area contributed by atoms with Gasteiger partial charge in [0.15, 0.2) is 16.6 Å². The molecule has 0 saturated carbocycles. The van der Waals surface area contributed by atoms with Crippen molar-refractivity contribution in [3.8, 4) is 17.1 Å². The number of carbonyl (C=O) groups excluding carboxylic acids is 1. The Morgan fingerprint density at radius 3 is 2.90 bits per heavy atom. The van der Waals surface area contributed by atoms with Gasteiger partial charge >= 0.3 is 0 Å². The molecule has 0 spiro atoms. The monoisotopic (exact) mass is 436 g/mol. The smallest absolute Gasteiger partial charge is 0.228 e. The highest BCUT2D eigenvalue weighted by atomic mass is 35.5. The number of imidazole rings is 1. The maximum absolute atomic E-state index is 14.4. The number of benzene rings is 1. The van der Waals surface area contributed by atoms with E-state index in [1.807, 2.05) is 13.8 Å². The van der Waals surface area contributed by atoms with Crippen LogP contribution in [0.25, 0.3) is 27.4 Å². The number of nitrogens with one attached hydrogen (secondary N) is 2. The van der Waals surface area contributed by atoms with Crippen LogP contribution in [0.5, 0.6) is 0 Å². The Hall–Kier alpha value is -2.85. The van der Waals surface area contributed by atoms with Crippen molar-refractivity contribution in [1.29, 1.82) is 0 Å². The minimum atomic E-state index is -0.740. The summed E-state index contributed by atoms with van der Waals surface area (Å²) in [6.07, 6.45) is 3.50. The average Bonchev–Trinajstić information content (AvgIpc) is 3.40. The van der Waals surface area contributed by atoms with Gasteiger partial charge in [0.1, 0.15) is 22.7 Å². The quantitative estimate of drug-likeness (QED) is 0.440. The maximum Gasteiger partial charge on any atom is 0.228 e. The summed E-state index contributed by atoms with van der Waals surface area (Å²) >= 11 is 7.22. The van der Waals surface area contributed by atoms with Gasteiger partial charge in [0.2, 0.25) is 5.91 Å². The van der Waals surface area contributed by atoms with Gasteiger partial charge in [-0.3, -0.25) is 14.5 Å². The van der Waals surface area contributed by atoms with Crippen molar-refractivity contribution >= 4 is 44.3 Å². The van der Waals surface area contributed by atoms with Gasteiger partial charge < -0.3 is 5.32 Å². The minimum absolute atomic E-state index is 0.116. The Balaban J connectivity index is 1.77. The van der Waals surface area contributed by atoms with E-state index in [1.54, 1.807) is 0 Å². The fraction of sp³-hybridized carbons (Fsp3) is 0.222. The third-order valence-corrected chi connectivity index (χ3v) is 5.89. The second kappa shape index (κ2) is 7.53. The summed E-state index contributed by atoms with van der Waals surface area (Å²) in [5.41, 5.74) is 0.573. The summed E-state index contributed by atoms with van der Waals surface area (Å²) in [4.78, 5) is 20.5. The number of carbonyl (C=O) groups is 1. The van der Waals surface area contributed by atoms with Crippen LogP contribution < -0.4 is 5.32 Å². The highest BCUT2D eigenvalue weighted by Gasteiger charge is 2.22. The van der Waals surface area contributed by atoms with E-state index in [4.69, 9.17) is 11.6 Å². The molecule has 4 rings (SSSR count). The molecule has 2 N–H and O–H groups in total. The standard InChI is InChI=1S/C18H15ClF2N6OS/c1-3-8(2)17(28)24-18-23-15-14(29-18)16(26-25-15)27-7-22-6-11(27)12-9(20)4-5-10(21)13(12)19/h4-8H,3H2,1-2H3,(H2,23,24,25,26,28). The summed E-state index contributed by atoms with van der Waals surface area (Å²) < 4.78 is 30.4. The molecule has 0 aliphatic carbocycles. The zero-order chi connectivity index (χ0) is 20.7. The van der Waals surface area contributed by atoms with Crippen molar-refractivity contribution in [3.05, 3.63) is 41.3 Å². The van der Waals surface area contributed by atoms with E-state index >= 15 is 0 Å². The topological polar surface area (TPSA) is 88.5 Å². The molecule has 1 aromatic carbocycles. The average molecular weight is 437 g/mol. The first-order valence-corrected chi connectivity index (χ1v) is 9.92. The predicted molar refractivity (Wildman–Crippen MR) is 107 cm³/mol. The van der Waals surface area contributed by atoms with Crippen LogP contribution in [-0.2, 0) is 4.79 Å². The first-order chi connectivity index (χ1) is 13.9. The van der Waals surface area contributed by atoms with Crippen LogP contribution >= 0.6 is 22.9 Å². The first kappa shape index (κ1) is 19.5. The molecule has 0 saturated heterocycles. The fourth-order valence-electron chi connectivity index (χ4n) is 2.75. The number of aromatic amines is 1. The van der Waals surface area contributed by atoms with E-state index in [-0.39, 0.29) is 28.1 Å². The van der Waals surface area contributed by atoms with Crippen molar-refractivity contribution in [2.75, 3.05) is 5.32 Å². The lowest BCUT2D eigenvalue weighted by Crippen LogP contribution is -2.19. The van der Waals surface area contributed by atoms with Gasteiger partial charge in [-0.1, -0.05) is 36.8 Å². The number of halogens is 3. The number of hydrogen-bond donors (Lipinski definition) is 2. The molecule has 29 heavy (non-hydrogen) atoms. The molecule has 4 aromatic rings. The molecule has 150 valence electrons. The molecule has 11 heteroatoms. The molecular formula is C18H15ClF2N6OS. The van der Waals surface area contributed by atoms with E-state index in [1.165, 1.54) is 28.4 Å². The lowest BCUT2D eigenvalue weighted by molar-refractivity contribution is -0.119. The number of thiazole rings is 1. The zero-order valence-electron chi connectivity index (χ0n) is 15.3. The van der Waals surface area contributed by atoms with Crippen LogP contribution in [0.2, 0.25) is 5.02 Å². The van der Waals surface area contributed by atoms with E-state index in [9.17, 15) is 13.6 Å². The Kier molecular flexibility index (Phi) is 5.05. The fourth-order valence-corrected chi connectivity index (χ4v) is 3.90. The largest absolute Gasteiger partial charge is 0.302 e. The molecule has 1 atom stereocenters. The van der Waals surface area contributed by atoms with Crippen molar-refractivity contribution in [2.24, 2.45) is 5.92 Å². The second-order valence-electron chi connectivity index (χ2n) is 6.41. The molecule has 3 heterocycles. The second-order valence-corrected chi connectivity index (χ2v) is 7.79. The maximum atomic E-state index is 14.4. The number of rotatable bonds is 5. The van der Waals surface area contributed by atoms with Crippen LogP contribution in [0, 0.1) is 17.6 Å². The predicted octanol–water partition coefficient (Wildman–Crippen LogP) is 4.79. The molecule has 0 aliphatic heterocycles. The highest BCUT2D eigenvalue weighted by molar-refractivity contribution is 7.22. The van der Waals surface area contributed by atoms with Crippen molar-refractivity contribution < 1.29 is 13.6 Å². The molecule has 0 fully saturated rings. The lowest BCUT2D eigenvalue weighted by Gasteiger charge is -2.09. The Morgan fingerprint density at radius 1 is 1.38 bits per heavy atom. The van der Waals surface area contributed by atoms with Gasteiger partial charge in [-0.25, -0.2) is 18.7 Å². The van der Waals surface area contributed by atoms with Gasteiger partial charge in [-0.2, -0.15) is 5.10 Å². The number of anilines is 1. The summed E-state index contributed by atoms with van der Waals surface area (Å²) in [7, 11) is 0. The van der Waals surface area contributed by atoms with E-state index < -0.39 is 11.6 Å². The summed E-state index contributed by atoms with van der Waals surface area (Å²) in [5, 5.41) is 9.84. The molecule has 1 unspecified atom stereocenters. The number of hydrogen-bond acceptors (Lipinski definition) is 5. The number of fused-ring (bicyclic) bond motifs is 1. The molecule has 0 radical (unpaired) electrons. The van der Waals surface area contributed by atoms with Crippen molar-refractivity contribution in [3.63, 3.8) is 0 Å². The molecule has 0 aliphatic rings. The van der Waals surface area contributed by atoms with Crippen molar-refractivity contribution in [1.82, 2.24) is 24.7 Å². The summed E-state index contributed by atoms with van der Waals surface area (Å²) in [5.74, 6) is -1.32. The molecule has 3 aromatic heterocycles. The third kappa shape index (κ3) is 3.38. The zero-order valence-corrected chi connectivity index (χ0v) is 16.9. The van der Waals surface area contributed by atoms with Crippen LogP contribution in [0.1, 0.15) is 20.3 Å². The minimum Gasteiger partial charge on any atom is -0.302 e. The first-order valence-electron chi connectivity index (χ1n) is 8.73. The van der Waals surface area contributed by atoms with Crippen LogP contribution in [0.4, 0.5) is 13.9 Å². The number of aromatic nitrogens is 5. The van der Waals surface area contributed by atoms with Crippen molar-refractivity contribution in [2.45, 2.75) is 20.3 Å². The molecular weight excluding hydrogens is 422 g/mol.